The van der Waals surface area contributed by atoms with E-state index in [1.165, 1.54) is 51.4 Å². The van der Waals surface area contributed by atoms with Gasteiger partial charge in [-0.1, -0.05) is 38.5 Å². The number of rotatable bonds is 9. The van der Waals surface area contributed by atoms with Crippen LogP contribution in [-0.2, 0) is 0 Å². The summed E-state index contributed by atoms with van der Waals surface area (Å²) >= 11 is 5.58. The van der Waals surface area contributed by atoms with Crippen LogP contribution in [0.3, 0.4) is 0 Å². The summed E-state index contributed by atoms with van der Waals surface area (Å²) in [6, 6.07) is 0. The Morgan fingerprint density at radius 3 is 1.69 bits per heavy atom. The minimum atomic E-state index is 0.822. The summed E-state index contributed by atoms with van der Waals surface area (Å²) in [5, 5.41) is 0. The lowest BCUT2D eigenvalue weighted by atomic mass is 10.1. The number of unbranched alkanes of at least 4 members (excludes halogenated alkanes) is 8. The third-order valence-electron chi connectivity index (χ3n) is 2.20. The van der Waals surface area contributed by atoms with E-state index in [0.29, 0.717) is 0 Å². The van der Waals surface area contributed by atoms with Gasteiger partial charge in [-0.25, -0.2) is 0 Å². The molecule has 0 rings (SSSR count). The van der Waals surface area contributed by atoms with E-state index in [4.69, 9.17) is 18.0 Å². The summed E-state index contributed by atoms with van der Waals surface area (Å²) in [5.41, 5.74) is 0. The van der Waals surface area contributed by atoms with E-state index in [-0.39, 0.29) is 0 Å². The highest BCUT2D eigenvalue weighted by Gasteiger charge is 1.90. The summed E-state index contributed by atoms with van der Waals surface area (Å²) in [7, 11) is 0. The molecular weight excluding hydrogens is 180 g/mol. The van der Waals surface area contributed by atoms with Gasteiger partial charge in [0.15, 0.2) is 0 Å². The fraction of sp³-hybridized carbons (Fsp3) is 0.833. The maximum absolute atomic E-state index is 5.58. The van der Waals surface area contributed by atoms with Crippen LogP contribution in [0.4, 0.5) is 0 Å². The van der Waals surface area contributed by atoms with Gasteiger partial charge in [-0.3, -0.25) is 0 Å². The zero-order valence-electron chi connectivity index (χ0n) is 8.53. The van der Waals surface area contributed by atoms with Crippen LogP contribution in [0.15, 0.2) is 0 Å². The molecule has 0 fully saturated rings. The SMILES string of the molecule is C#CCCCCCCCCCCCl. The highest BCUT2D eigenvalue weighted by molar-refractivity contribution is 6.17. The highest BCUT2D eigenvalue weighted by Crippen LogP contribution is 2.09. The summed E-state index contributed by atoms with van der Waals surface area (Å²) < 4.78 is 0. The third-order valence-corrected chi connectivity index (χ3v) is 2.47. The Bertz CT molecular complexity index is 124. The van der Waals surface area contributed by atoms with Crippen molar-refractivity contribution in [2.24, 2.45) is 0 Å². The van der Waals surface area contributed by atoms with Crippen LogP contribution < -0.4 is 0 Å². The maximum atomic E-state index is 5.58. The number of hydrogen-bond donors (Lipinski definition) is 0. The van der Waals surface area contributed by atoms with Gasteiger partial charge in [-0.2, -0.15) is 0 Å². The summed E-state index contributed by atoms with van der Waals surface area (Å²) in [6.07, 6.45) is 16.5. The van der Waals surface area contributed by atoms with Crippen molar-refractivity contribution in [3.63, 3.8) is 0 Å². The first-order valence-corrected chi connectivity index (χ1v) is 5.94. The minimum Gasteiger partial charge on any atom is -0.127 e. The first kappa shape index (κ1) is 12.8. The molecule has 0 heterocycles. The molecule has 0 bridgehead atoms. The van der Waals surface area contributed by atoms with Crippen LogP contribution in [0.5, 0.6) is 0 Å². The zero-order valence-corrected chi connectivity index (χ0v) is 9.28. The normalized spacial score (nSPS) is 9.85. The molecule has 0 radical (unpaired) electrons. The van der Waals surface area contributed by atoms with Gasteiger partial charge in [0.05, 0.1) is 0 Å². The van der Waals surface area contributed by atoms with Crippen molar-refractivity contribution in [1.29, 1.82) is 0 Å². The van der Waals surface area contributed by atoms with E-state index in [2.05, 4.69) is 5.92 Å². The van der Waals surface area contributed by atoms with E-state index in [1.807, 2.05) is 0 Å². The fourth-order valence-electron chi connectivity index (χ4n) is 1.38. The predicted molar refractivity (Wildman–Crippen MR) is 61.1 cm³/mol. The van der Waals surface area contributed by atoms with Crippen molar-refractivity contribution in [3.8, 4) is 12.3 Å². The number of halogens is 1. The Morgan fingerprint density at radius 1 is 0.769 bits per heavy atom. The molecule has 13 heavy (non-hydrogen) atoms. The van der Waals surface area contributed by atoms with E-state index in [1.54, 1.807) is 0 Å². The molecule has 76 valence electrons. The van der Waals surface area contributed by atoms with Gasteiger partial charge in [-0.15, -0.1) is 23.9 Å². The lowest BCUT2D eigenvalue weighted by molar-refractivity contribution is 0.580. The zero-order chi connectivity index (χ0) is 9.78. The molecule has 1 heteroatoms. The van der Waals surface area contributed by atoms with Crippen molar-refractivity contribution < 1.29 is 0 Å². The topological polar surface area (TPSA) is 0 Å². The van der Waals surface area contributed by atoms with Crippen molar-refractivity contribution >= 4 is 11.6 Å². The molecule has 0 nitrogen and oxygen atoms in total. The molecule has 0 atom stereocenters. The number of alkyl halides is 1. The van der Waals surface area contributed by atoms with Crippen LogP contribution >= 0.6 is 11.6 Å². The Balaban J connectivity index is 2.80. The van der Waals surface area contributed by atoms with Crippen molar-refractivity contribution in [1.82, 2.24) is 0 Å². The van der Waals surface area contributed by atoms with Crippen LogP contribution in [0, 0.1) is 12.3 Å². The average molecular weight is 201 g/mol. The molecule has 0 saturated carbocycles. The fourth-order valence-corrected chi connectivity index (χ4v) is 1.57. The molecule has 0 aliphatic carbocycles. The molecule has 0 amide bonds. The molecule has 0 aromatic carbocycles. The second-order valence-electron chi connectivity index (χ2n) is 3.47. The van der Waals surface area contributed by atoms with Gasteiger partial charge < -0.3 is 0 Å². The Kier molecular flexibility index (Phi) is 11.7. The summed E-state index contributed by atoms with van der Waals surface area (Å²) in [6.45, 7) is 0. The minimum absolute atomic E-state index is 0.822. The Morgan fingerprint density at radius 2 is 1.23 bits per heavy atom. The van der Waals surface area contributed by atoms with Gasteiger partial charge in [0.2, 0.25) is 0 Å². The molecular formula is C12H21Cl. The highest BCUT2D eigenvalue weighted by atomic mass is 35.5. The Hall–Kier alpha value is -0.150. The van der Waals surface area contributed by atoms with Crippen molar-refractivity contribution in [2.75, 3.05) is 5.88 Å². The van der Waals surface area contributed by atoms with Crippen molar-refractivity contribution in [2.45, 2.75) is 57.8 Å². The van der Waals surface area contributed by atoms with Crippen molar-refractivity contribution in [3.05, 3.63) is 0 Å². The van der Waals surface area contributed by atoms with Gasteiger partial charge in [0, 0.05) is 12.3 Å². The van der Waals surface area contributed by atoms with E-state index < -0.39 is 0 Å². The van der Waals surface area contributed by atoms with Gasteiger partial charge in [0.25, 0.3) is 0 Å². The number of terminal acetylenes is 1. The van der Waals surface area contributed by atoms with Crippen LogP contribution in [0.25, 0.3) is 0 Å². The molecule has 0 N–H and O–H groups in total. The van der Waals surface area contributed by atoms with E-state index >= 15 is 0 Å². The quantitative estimate of drug-likeness (QED) is 0.295. The summed E-state index contributed by atoms with van der Waals surface area (Å²) in [5.74, 6) is 3.49. The predicted octanol–water partition coefficient (Wildman–Crippen LogP) is 4.37. The van der Waals surface area contributed by atoms with Gasteiger partial charge in [0.1, 0.15) is 0 Å². The standard InChI is InChI=1S/C12H21Cl/c1-2-3-4-5-6-7-8-9-10-11-12-13/h1H,3-12H2. The average Bonchev–Trinajstić information content (AvgIpc) is 2.16. The molecule has 0 saturated heterocycles. The monoisotopic (exact) mass is 200 g/mol. The third kappa shape index (κ3) is 11.9. The van der Waals surface area contributed by atoms with E-state index in [9.17, 15) is 0 Å². The lowest BCUT2D eigenvalue weighted by Gasteiger charge is -1.99. The second kappa shape index (κ2) is 11.8. The molecule has 0 aromatic rings. The molecule has 0 aliphatic heterocycles. The second-order valence-corrected chi connectivity index (χ2v) is 3.85. The van der Waals surface area contributed by atoms with Gasteiger partial charge in [-0.05, 0) is 12.8 Å². The molecule has 0 spiro atoms. The first-order valence-electron chi connectivity index (χ1n) is 5.41. The smallest absolute Gasteiger partial charge is 0.0223 e. The molecule has 0 unspecified atom stereocenters. The Labute approximate surface area is 88.1 Å². The maximum Gasteiger partial charge on any atom is 0.0223 e. The van der Waals surface area contributed by atoms with E-state index in [0.717, 1.165) is 12.3 Å². The lowest BCUT2D eigenvalue weighted by Crippen LogP contribution is -1.81. The molecule has 0 aliphatic rings. The summed E-state index contributed by atoms with van der Waals surface area (Å²) in [4.78, 5) is 0. The number of hydrogen-bond acceptors (Lipinski definition) is 0. The first-order chi connectivity index (χ1) is 6.41. The van der Waals surface area contributed by atoms with Crippen LogP contribution in [0.2, 0.25) is 0 Å². The van der Waals surface area contributed by atoms with Crippen LogP contribution in [0.1, 0.15) is 57.8 Å². The van der Waals surface area contributed by atoms with Gasteiger partial charge >= 0.3 is 0 Å². The largest absolute Gasteiger partial charge is 0.127 e. The van der Waals surface area contributed by atoms with Crippen LogP contribution in [-0.4, -0.2) is 5.88 Å². The molecule has 0 aromatic heterocycles.